The standard InChI is InChI=1S/C15H28N2O2/c1-16-9-8-12(10-16)11-17(2)14-7-5-3-4-6-13(14)15(18)19/h12-14H,3-11H2,1-2H3,(H,18,19). The Hall–Kier alpha value is -0.610. The zero-order valence-corrected chi connectivity index (χ0v) is 12.3. The summed E-state index contributed by atoms with van der Waals surface area (Å²) < 4.78 is 0. The van der Waals surface area contributed by atoms with Gasteiger partial charge in [0.25, 0.3) is 0 Å². The Bertz CT molecular complexity index is 309. The van der Waals surface area contributed by atoms with E-state index in [0.29, 0.717) is 5.92 Å². The van der Waals surface area contributed by atoms with Crippen LogP contribution in [0.2, 0.25) is 0 Å². The molecule has 3 unspecified atom stereocenters. The molecule has 1 saturated heterocycles. The third-order valence-electron chi connectivity index (χ3n) is 4.90. The van der Waals surface area contributed by atoms with Crippen LogP contribution >= 0.6 is 0 Å². The monoisotopic (exact) mass is 268 g/mol. The minimum Gasteiger partial charge on any atom is -0.481 e. The molecule has 1 heterocycles. The maximum Gasteiger partial charge on any atom is 0.308 e. The fourth-order valence-corrected chi connectivity index (χ4v) is 3.82. The summed E-state index contributed by atoms with van der Waals surface area (Å²) in [7, 11) is 4.30. The van der Waals surface area contributed by atoms with Gasteiger partial charge in [0, 0.05) is 19.1 Å². The van der Waals surface area contributed by atoms with E-state index in [4.69, 9.17) is 0 Å². The molecule has 19 heavy (non-hydrogen) atoms. The zero-order valence-electron chi connectivity index (χ0n) is 12.3. The summed E-state index contributed by atoms with van der Waals surface area (Å²) in [6, 6.07) is 0.242. The van der Waals surface area contributed by atoms with Crippen LogP contribution in [-0.2, 0) is 4.79 Å². The van der Waals surface area contributed by atoms with E-state index < -0.39 is 5.97 Å². The van der Waals surface area contributed by atoms with Crippen molar-refractivity contribution < 1.29 is 9.90 Å². The van der Waals surface area contributed by atoms with Gasteiger partial charge in [0.2, 0.25) is 0 Å². The summed E-state index contributed by atoms with van der Waals surface area (Å²) in [5.41, 5.74) is 0. The Balaban J connectivity index is 1.94. The fraction of sp³-hybridized carbons (Fsp3) is 0.933. The second-order valence-corrected chi connectivity index (χ2v) is 6.51. The lowest BCUT2D eigenvalue weighted by atomic mass is 9.93. The number of hydrogen-bond acceptors (Lipinski definition) is 3. The van der Waals surface area contributed by atoms with E-state index >= 15 is 0 Å². The average molecular weight is 268 g/mol. The maximum absolute atomic E-state index is 11.5. The summed E-state index contributed by atoms with van der Waals surface area (Å²) in [6.07, 6.45) is 6.62. The third-order valence-corrected chi connectivity index (χ3v) is 4.90. The molecule has 1 N–H and O–H groups in total. The second kappa shape index (κ2) is 6.71. The van der Waals surface area contributed by atoms with Gasteiger partial charge in [-0.25, -0.2) is 0 Å². The van der Waals surface area contributed by atoms with Crippen LogP contribution in [0.15, 0.2) is 0 Å². The maximum atomic E-state index is 11.5. The van der Waals surface area contributed by atoms with Crippen LogP contribution < -0.4 is 0 Å². The van der Waals surface area contributed by atoms with Gasteiger partial charge in [0.05, 0.1) is 5.92 Å². The number of likely N-dealkylation sites (tertiary alicyclic amines) is 1. The van der Waals surface area contributed by atoms with E-state index in [1.807, 2.05) is 0 Å². The molecule has 4 heteroatoms. The Morgan fingerprint density at radius 2 is 2.00 bits per heavy atom. The molecule has 0 aromatic heterocycles. The molecular weight excluding hydrogens is 240 g/mol. The van der Waals surface area contributed by atoms with Crippen LogP contribution in [0.4, 0.5) is 0 Å². The summed E-state index contributed by atoms with van der Waals surface area (Å²) in [6.45, 7) is 3.40. The highest BCUT2D eigenvalue weighted by Gasteiger charge is 2.33. The molecule has 2 rings (SSSR count). The van der Waals surface area contributed by atoms with E-state index in [0.717, 1.165) is 32.4 Å². The molecule has 3 atom stereocenters. The van der Waals surface area contributed by atoms with Crippen LogP contribution in [0.25, 0.3) is 0 Å². The van der Waals surface area contributed by atoms with E-state index in [9.17, 15) is 9.90 Å². The molecule has 1 aliphatic carbocycles. The van der Waals surface area contributed by atoms with Gasteiger partial charge in [-0.1, -0.05) is 19.3 Å². The quantitative estimate of drug-likeness (QED) is 0.791. The smallest absolute Gasteiger partial charge is 0.308 e. The van der Waals surface area contributed by atoms with E-state index in [1.54, 1.807) is 0 Å². The normalized spacial score (nSPS) is 33.5. The molecular formula is C15H28N2O2. The molecule has 4 nitrogen and oxygen atoms in total. The summed E-state index contributed by atoms with van der Waals surface area (Å²) in [5, 5.41) is 9.45. The molecule has 0 aromatic rings. The second-order valence-electron chi connectivity index (χ2n) is 6.51. The van der Waals surface area contributed by atoms with Crippen molar-refractivity contribution >= 4 is 5.97 Å². The van der Waals surface area contributed by atoms with Gasteiger partial charge in [-0.2, -0.15) is 0 Å². The summed E-state index contributed by atoms with van der Waals surface area (Å²) in [4.78, 5) is 16.2. The van der Waals surface area contributed by atoms with Crippen LogP contribution in [0.5, 0.6) is 0 Å². The van der Waals surface area contributed by atoms with Crippen molar-refractivity contribution in [2.75, 3.05) is 33.7 Å². The first-order chi connectivity index (χ1) is 9.08. The highest BCUT2D eigenvalue weighted by atomic mass is 16.4. The van der Waals surface area contributed by atoms with Crippen LogP contribution in [0.3, 0.4) is 0 Å². The molecule has 2 aliphatic rings. The van der Waals surface area contributed by atoms with Crippen LogP contribution in [0, 0.1) is 11.8 Å². The molecule has 2 fully saturated rings. The Morgan fingerprint density at radius 1 is 1.26 bits per heavy atom. The topological polar surface area (TPSA) is 43.8 Å². The predicted molar refractivity (Wildman–Crippen MR) is 76.2 cm³/mol. The molecule has 1 aliphatic heterocycles. The van der Waals surface area contributed by atoms with E-state index in [1.165, 1.54) is 25.8 Å². The molecule has 1 saturated carbocycles. The van der Waals surface area contributed by atoms with Crippen molar-refractivity contribution in [3.05, 3.63) is 0 Å². The fourth-order valence-electron chi connectivity index (χ4n) is 3.82. The minimum atomic E-state index is -0.595. The Morgan fingerprint density at radius 3 is 2.63 bits per heavy atom. The molecule has 0 spiro atoms. The van der Waals surface area contributed by atoms with Crippen molar-refractivity contribution in [3.63, 3.8) is 0 Å². The number of nitrogens with zero attached hydrogens (tertiary/aromatic N) is 2. The largest absolute Gasteiger partial charge is 0.481 e. The van der Waals surface area contributed by atoms with E-state index in [-0.39, 0.29) is 12.0 Å². The van der Waals surface area contributed by atoms with Crippen LogP contribution in [-0.4, -0.2) is 60.6 Å². The third kappa shape index (κ3) is 3.93. The lowest BCUT2D eigenvalue weighted by Crippen LogP contribution is -2.43. The number of carboxylic acids is 1. The molecule has 0 amide bonds. The first-order valence-electron chi connectivity index (χ1n) is 7.69. The molecule has 0 bridgehead atoms. The van der Waals surface area contributed by atoms with Crippen molar-refractivity contribution in [3.8, 4) is 0 Å². The highest BCUT2D eigenvalue weighted by molar-refractivity contribution is 5.70. The van der Waals surface area contributed by atoms with Gasteiger partial charge in [-0.05, 0) is 45.8 Å². The number of carboxylic acid groups (broad SMARTS) is 1. The number of aliphatic carboxylic acids is 1. The zero-order chi connectivity index (χ0) is 13.8. The van der Waals surface area contributed by atoms with Gasteiger partial charge >= 0.3 is 5.97 Å². The number of rotatable bonds is 4. The Kier molecular flexibility index (Phi) is 5.22. The van der Waals surface area contributed by atoms with Gasteiger partial charge in [0.1, 0.15) is 0 Å². The van der Waals surface area contributed by atoms with Crippen molar-refractivity contribution in [2.24, 2.45) is 11.8 Å². The predicted octanol–water partition coefficient (Wildman–Crippen LogP) is 1.90. The van der Waals surface area contributed by atoms with Crippen molar-refractivity contribution in [2.45, 2.75) is 44.6 Å². The van der Waals surface area contributed by atoms with Gasteiger partial charge < -0.3 is 14.9 Å². The Labute approximate surface area is 116 Å². The van der Waals surface area contributed by atoms with Gasteiger partial charge in [0.15, 0.2) is 0 Å². The molecule has 0 aromatic carbocycles. The van der Waals surface area contributed by atoms with Gasteiger partial charge in [-0.15, -0.1) is 0 Å². The lowest BCUT2D eigenvalue weighted by molar-refractivity contribution is -0.144. The number of hydrogen-bond donors (Lipinski definition) is 1. The minimum absolute atomic E-state index is 0.161. The van der Waals surface area contributed by atoms with Crippen LogP contribution in [0.1, 0.15) is 38.5 Å². The first-order valence-corrected chi connectivity index (χ1v) is 7.69. The number of carbonyl (C=O) groups is 1. The summed E-state index contributed by atoms with van der Waals surface area (Å²) in [5.74, 6) is -0.0402. The SMILES string of the molecule is CN1CCC(CN(C)C2CCCCCC2C(=O)O)C1. The van der Waals surface area contributed by atoms with Crippen molar-refractivity contribution in [1.82, 2.24) is 9.80 Å². The van der Waals surface area contributed by atoms with E-state index in [2.05, 4.69) is 23.9 Å². The molecule has 110 valence electrons. The summed E-state index contributed by atoms with van der Waals surface area (Å²) >= 11 is 0. The van der Waals surface area contributed by atoms with Gasteiger partial charge in [-0.3, -0.25) is 4.79 Å². The lowest BCUT2D eigenvalue weighted by Gasteiger charge is -2.33. The average Bonchev–Trinajstić information content (AvgIpc) is 2.65. The molecule has 0 radical (unpaired) electrons. The highest BCUT2D eigenvalue weighted by Crippen LogP contribution is 2.28. The van der Waals surface area contributed by atoms with Crippen molar-refractivity contribution in [1.29, 1.82) is 0 Å². The first kappa shape index (κ1) is 14.8.